The quantitative estimate of drug-likeness (QED) is 0.362. The summed E-state index contributed by atoms with van der Waals surface area (Å²) in [6.07, 6.45) is 4.07. The van der Waals surface area contributed by atoms with Gasteiger partial charge in [0.25, 0.3) is 0 Å². The van der Waals surface area contributed by atoms with Crippen LogP contribution in [0.25, 0.3) is 0 Å². The number of aromatic nitrogens is 2. The molecule has 1 aromatic rings. The number of amidine groups is 1. The molecule has 1 atom stereocenters. The van der Waals surface area contributed by atoms with Crippen molar-refractivity contribution in [2.75, 3.05) is 11.9 Å². The average molecular weight is 291 g/mol. The third-order valence-corrected chi connectivity index (χ3v) is 4.44. The summed E-state index contributed by atoms with van der Waals surface area (Å²) in [6.45, 7) is 6.28. The van der Waals surface area contributed by atoms with Crippen LogP contribution >= 0.6 is 0 Å². The number of rotatable bonds is 6. The zero-order valence-corrected chi connectivity index (χ0v) is 13.3. The van der Waals surface area contributed by atoms with Gasteiger partial charge in [0.15, 0.2) is 11.7 Å². The molecule has 0 spiro atoms. The van der Waals surface area contributed by atoms with Crippen molar-refractivity contribution < 1.29 is 5.21 Å². The van der Waals surface area contributed by atoms with Crippen molar-refractivity contribution in [3.05, 3.63) is 16.8 Å². The van der Waals surface area contributed by atoms with E-state index in [0.717, 1.165) is 29.7 Å². The van der Waals surface area contributed by atoms with Gasteiger partial charge in [-0.2, -0.15) is 5.10 Å². The Morgan fingerprint density at radius 2 is 2.05 bits per heavy atom. The van der Waals surface area contributed by atoms with Gasteiger partial charge in [-0.1, -0.05) is 19.0 Å². The molecule has 0 bridgehead atoms. The largest absolute Gasteiger partial charge is 0.409 e. The van der Waals surface area contributed by atoms with E-state index in [0.29, 0.717) is 17.8 Å². The molecular weight excluding hydrogens is 266 g/mol. The number of hydrogen-bond acceptors (Lipinski definition) is 5. The van der Waals surface area contributed by atoms with Gasteiger partial charge in [-0.05, 0) is 44.1 Å². The van der Waals surface area contributed by atoms with Gasteiger partial charge in [0.1, 0.15) is 0 Å². The molecule has 0 saturated heterocycles. The molecule has 0 aliphatic heterocycles. The molecule has 1 aliphatic rings. The van der Waals surface area contributed by atoms with E-state index in [-0.39, 0.29) is 5.84 Å². The van der Waals surface area contributed by atoms with Crippen molar-refractivity contribution in [1.82, 2.24) is 10.2 Å². The van der Waals surface area contributed by atoms with Crippen LogP contribution in [0.1, 0.15) is 50.4 Å². The standard InChI is InChI=1S/C15H25N5O/c1-5-11-12(6-2)17-18-15(13(11)14(16)19-21)20(4)9(3)10-7-8-10/h9-10,21H,5-8H2,1-4H3,(H2,16,19). The minimum Gasteiger partial charge on any atom is -0.409 e. The highest BCUT2D eigenvalue weighted by Crippen LogP contribution is 2.37. The van der Waals surface area contributed by atoms with Gasteiger partial charge in [0.05, 0.1) is 11.3 Å². The van der Waals surface area contributed by atoms with E-state index in [9.17, 15) is 0 Å². The van der Waals surface area contributed by atoms with Gasteiger partial charge in [0, 0.05) is 13.1 Å². The second kappa shape index (κ2) is 6.28. The number of aryl methyl sites for hydroxylation is 1. The molecule has 6 heteroatoms. The molecule has 1 unspecified atom stereocenters. The number of nitrogens with two attached hydrogens (primary N) is 1. The molecule has 0 amide bonds. The van der Waals surface area contributed by atoms with Crippen LogP contribution in [0.4, 0.5) is 5.82 Å². The van der Waals surface area contributed by atoms with Crippen LogP contribution in [-0.4, -0.2) is 34.3 Å². The van der Waals surface area contributed by atoms with E-state index in [2.05, 4.69) is 34.1 Å². The molecule has 0 radical (unpaired) electrons. The summed E-state index contributed by atoms with van der Waals surface area (Å²) in [6, 6.07) is 0.377. The fourth-order valence-corrected chi connectivity index (χ4v) is 2.82. The van der Waals surface area contributed by atoms with E-state index in [1.165, 1.54) is 12.8 Å². The average Bonchev–Trinajstić information content (AvgIpc) is 3.35. The molecule has 2 rings (SSSR count). The normalized spacial score (nSPS) is 16.9. The SMILES string of the molecule is CCc1nnc(N(C)C(C)C2CC2)c(C(N)=NO)c1CC. The second-order valence-electron chi connectivity index (χ2n) is 5.71. The molecule has 1 aromatic heterocycles. The van der Waals surface area contributed by atoms with Gasteiger partial charge < -0.3 is 15.8 Å². The maximum Gasteiger partial charge on any atom is 0.174 e. The highest BCUT2D eigenvalue weighted by Gasteiger charge is 2.33. The lowest BCUT2D eigenvalue weighted by atomic mass is 10.0. The molecular formula is C15H25N5O. The highest BCUT2D eigenvalue weighted by atomic mass is 16.4. The van der Waals surface area contributed by atoms with E-state index in [1.54, 1.807) is 0 Å². The van der Waals surface area contributed by atoms with Gasteiger partial charge in [-0.3, -0.25) is 0 Å². The Balaban J connectivity index is 2.53. The van der Waals surface area contributed by atoms with Gasteiger partial charge >= 0.3 is 0 Å². The fraction of sp³-hybridized carbons (Fsp3) is 0.667. The number of nitrogens with zero attached hydrogens (tertiary/aromatic N) is 4. The summed E-state index contributed by atoms with van der Waals surface area (Å²) in [5.74, 6) is 1.52. The first-order chi connectivity index (χ1) is 10.0. The van der Waals surface area contributed by atoms with Crippen molar-refractivity contribution in [2.24, 2.45) is 16.8 Å². The van der Waals surface area contributed by atoms with Crippen LogP contribution in [0.15, 0.2) is 5.16 Å². The zero-order valence-electron chi connectivity index (χ0n) is 13.3. The summed E-state index contributed by atoms with van der Waals surface area (Å²) >= 11 is 0. The summed E-state index contributed by atoms with van der Waals surface area (Å²) in [5.41, 5.74) is 8.59. The Morgan fingerprint density at radius 1 is 1.38 bits per heavy atom. The Morgan fingerprint density at radius 3 is 2.52 bits per heavy atom. The third kappa shape index (κ3) is 2.94. The van der Waals surface area contributed by atoms with E-state index < -0.39 is 0 Å². The Bertz CT molecular complexity index is 539. The maximum absolute atomic E-state index is 9.13. The lowest BCUT2D eigenvalue weighted by Gasteiger charge is -2.28. The van der Waals surface area contributed by atoms with E-state index in [1.807, 2.05) is 14.0 Å². The van der Waals surface area contributed by atoms with Gasteiger partial charge in [-0.25, -0.2) is 0 Å². The first-order valence-electron chi connectivity index (χ1n) is 7.64. The minimum atomic E-state index is 0.112. The van der Waals surface area contributed by atoms with E-state index in [4.69, 9.17) is 10.9 Å². The van der Waals surface area contributed by atoms with Gasteiger partial charge in [-0.15, -0.1) is 5.10 Å². The minimum absolute atomic E-state index is 0.112. The maximum atomic E-state index is 9.13. The van der Waals surface area contributed by atoms with Crippen LogP contribution < -0.4 is 10.6 Å². The fourth-order valence-electron chi connectivity index (χ4n) is 2.82. The van der Waals surface area contributed by atoms with Crippen molar-refractivity contribution in [3.8, 4) is 0 Å². The molecule has 3 N–H and O–H groups in total. The number of hydrogen-bond donors (Lipinski definition) is 2. The van der Waals surface area contributed by atoms with Crippen molar-refractivity contribution in [3.63, 3.8) is 0 Å². The van der Waals surface area contributed by atoms with E-state index >= 15 is 0 Å². The summed E-state index contributed by atoms with van der Waals surface area (Å²) in [5, 5.41) is 21.0. The number of oxime groups is 1. The second-order valence-corrected chi connectivity index (χ2v) is 5.71. The summed E-state index contributed by atoms with van der Waals surface area (Å²) < 4.78 is 0. The van der Waals surface area contributed by atoms with Crippen molar-refractivity contribution >= 4 is 11.7 Å². The predicted octanol–water partition coefficient (Wildman–Crippen LogP) is 1.93. The lowest BCUT2D eigenvalue weighted by molar-refractivity contribution is 0.318. The first kappa shape index (κ1) is 15.5. The smallest absolute Gasteiger partial charge is 0.174 e. The molecule has 1 fully saturated rings. The molecule has 21 heavy (non-hydrogen) atoms. The number of anilines is 1. The highest BCUT2D eigenvalue weighted by molar-refractivity contribution is 6.03. The summed E-state index contributed by atoms with van der Waals surface area (Å²) in [4.78, 5) is 2.11. The molecule has 0 aromatic carbocycles. The zero-order chi connectivity index (χ0) is 15.6. The predicted molar refractivity (Wildman–Crippen MR) is 83.9 cm³/mol. The molecule has 6 nitrogen and oxygen atoms in total. The monoisotopic (exact) mass is 291 g/mol. The van der Waals surface area contributed by atoms with Crippen molar-refractivity contribution in [1.29, 1.82) is 0 Å². The van der Waals surface area contributed by atoms with Crippen LogP contribution in [0, 0.1) is 5.92 Å². The van der Waals surface area contributed by atoms with Crippen LogP contribution in [-0.2, 0) is 12.8 Å². The molecule has 1 heterocycles. The molecule has 1 aliphatic carbocycles. The van der Waals surface area contributed by atoms with Crippen LogP contribution in [0.3, 0.4) is 0 Å². The summed E-state index contributed by atoms with van der Waals surface area (Å²) in [7, 11) is 2.01. The van der Waals surface area contributed by atoms with Crippen LogP contribution in [0.5, 0.6) is 0 Å². The first-order valence-corrected chi connectivity index (χ1v) is 7.64. The Kier molecular flexibility index (Phi) is 4.65. The topological polar surface area (TPSA) is 87.6 Å². The van der Waals surface area contributed by atoms with Gasteiger partial charge in [0.2, 0.25) is 0 Å². The Labute approximate surface area is 126 Å². The van der Waals surface area contributed by atoms with Crippen molar-refractivity contribution in [2.45, 2.75) is 52.5 Å². The Hall–Kier alpha value is -1.85. The third-order valence-electron chi connectivity index (χ3n) is 4.44. The lowest BCUT2D eigenvalue weighted by Crippen LogP contribution is -2.34. The van der Waals surface area contributed by atoms with Crippen LogP contribution in [0.2, 0.25) is 0 Å². The molecule has 116 valence electrons. The molecule has 1 saturated carbocycles.